The molecule has 2 saturated carbocycles. The lowest BCUT2D eigenvalue weighted by atomic mass is 9.56. The summed E-state index contributed by atoms with van der Waals surface area (Å²) in [6.45, 7) is 4.83. The second kappa shape index (κ2) is 3.84. The summed E-state index contributed by atoms with van der Waals surface area (Å²) in [7, 11) is 0. The zero-order chi connectivity index (χ0) is 12.9. The predicted octanol–water partition coefficient (Wildman–Crippen LogP) is 4.02. The highest BCUT2D eigenvalue weighted by molar-refractivity contribution is 5.33. The Morgan fingerprint density at radius 3 is 2.00 bits per heavy atom. The summed E-state index contributed by atoms with van der Waals surface area (Å²) in [6, 6.07) is 11.1. The molecule has 0 aromatic heterocycles. The van der Waals surface area contributed by atoms with Crippen molar-refractivity contribution in [1.82, 2.24) is 0 Å². The molecule has 1 heteroatoms. The van der Waals surface area contributed by atoms with Gasteiger partial charge in [-0.05, 0) is 36.7 Å². The van der Waals surface area contributed by atoms with Crippen LogP contribution in [-0.4, -0.2) is 5.54 Å². The fraction of sp³-hybridized carbons (Fsp3) is 0.647. The maximum atomic E-state index is 6.63. The zero-order valence-electron chi connectivity index (χ0n) is 11.7. The molecule has 0 atom stereocenters. The molecule has 2 aliphatic carbocycles. The Morgan fingerprint density at radius 1 is 0.944 bits per heavy atom. The molecule has 3 rings (SSSR count). The lowest BCUT2D eigenvalue weighted by Gasteiger charge is -2.49. The number of benzene rings is 1. The van der Waals surface area contributed by atoms with Crippen LogP contribution in [0.2, 0.25) is 0 Å². The molecule has 2 fully saturated rings. The highest BCUT2D eigenvalue weighted by atomic mass is 14.9. The fourth-order valence-electron chi connectivity index (χ4n) is 4.25. The molecule has 2 N–H and O–H groups in total. The Labute approximate surface area is 111 Å². The maximum Gasteiger partial charge on any atom is 0.0216 e. The first-order valence-electron chi connectivity index (χ1n) is 7.36. The van der Waals surface area contributed by atoms with E-state index in [9.17, 15) is 0 Å². The van der Waals surface area contributed by atoms with Crippen LogP contribution in [0.4, 0.5) is 0 Å². The van der Waals surface area contributed by atoms with Crippen LogP contribution >= 0.6 is 0 Å². The van der Waals surface area contributed by atoms with Crippen molar-refractivity contribution in [1.29, 1.82) is 0 Å². The summed E-state index contributed by atoms with van der Waals surface area (Å²) >= 11 is 0. The topological polar surface area (TPSA) is 26.0 Å². The van der Waals surface area contributed by atoms with Gasteiger partial charge in [-0.2, -0.15) is 0 Å². The van der Waals surface area contributed by atoms with Gasteiger partial charge in [0.25, 0.3) is 0 Å². The smallest absolute Gasteiger partial charge is 0.0216 e. The SMILES string of the molecule is CC(C)(C1(N)CC1)C1(c2ccccc2)CCCC1. The normalized spacial score (nSPS) is 25.1. The van der Waals surface area contributed by atoms with Gasteiger partial charge < -0.3 is 5.73 Å². The van der Waals surface area contributed by atoms with Crippen LogP contribution in [0.3, 0.4) is 0 Å². The monoisotopic (exact) mass is 243 g/mol. The molecule has 0 heterocycles. The van der Waals surface area contributed by atoms with Gasteiger partial charge in [0.05, 0.1) is 0 Å². The van der Waals surface area contributed by atoms with Crippen LogP contribution in [0.15, 0.2) is 30.3 Å². The van der Waals surface area contributed by atoms with Gasteiger partial charge in [-0.3, -0.25) is 0 Å². The quantitative estimate of drug-likeness (QED) is 0.852. The zero-order valence-corrected chi connectivity index (χ0v) is 11.7. The molecular weight excluding hydrogens is 218 g/mol. The Hall–Kier alpha value is -0.820. The van der Waals surface area contributed by atoms with Crippen molar-refractivity contribution in [2.75, 3.05) is 0 Å². The van der Waals surface area contributed by atoms with Crippen molar-refractivity contribution in [2.24, 2.45) is 11.1 Å². The third-order valence-corrected chi connectivity index (χ3v) is 6.01. The van der Waals surface area contributed by atoms with Crippen LogP contribution in [0.5, 0.6) is 0 Å². The molecule has 0 spiro atoms. The summed E-state index contributed by atoms with van der Waals surface area (Å²) in [6.07, 6.45) is 7.73. The summed E-state index contributed by atoms with van der Waals surface area (Å²) < 4.78 is 0. The Morgan fingerprint density at radius 2 is 1.50 bits per heavy atom. The largest absolute Gasteiger partial charge is 0.325 e. The fourth-order valence-corrected chi connectivity index (χ4v) is 4.25. The summed E-state index contributed by atoms with van der Waals surface area (Å²) in [5.41, 5.74) is 8.73. The average Bonchev–Trinajstić information content (AvgIpc) is 2.96. The number of hydrogen-bond acceptors (Lipinski definition) is 1. The van der Waals surface area contributed by atoms with E-state index in [-0.39, 0.29) is 11.0 Å². The van der Waals surface area contributed by atoms with Gasteiger partial charge in [-0.25, -0.2) is 0 Å². The third kappa shape index (κ3) is 1.50. The molecule has 1 nitrogen and oxygen atoms in total. The lowest BCUT2D eigenvalue weighted by Crippen LogP contribution is -2.53. The second-order valence-corrected chi connectivity index (χ2v) is 6.94. The second-order valence-electron chi connectivity index (χ2n) is 6.94. The van der Waals surface area contributed by atoms with Gasteiger partial charge in [0, 0.05) is 11.0 Å². The molecule has 2 aliphatic rings. The van der Waals surface area contributed by atoms with Crippen molar-refractivity contribution >= 4 is 0 Å². The molecule has 98 valence electrons. The van der Waals surface area contributed by atoms with E-state index in [0.29, 0.717) is 5.41 Å². The molecule has 0 unspecified atom stereocenters. The summed E-state index contributed by atoms with van der Waals surface area (Å²) in [5.74, 6) is 0. The highest BCUT2D eigenvalue weighted by Gasteiger charge is 2.61. The molecule has 1 aromatic carbocycles. The average molecular weight is 243 g/mol. The number of rotatable bonds is 3. The number of hydrogen-bond donors (Lipinski definition) is 1. The van der Waals surface area contributed by atoms with E-state index in [2.05, 4.69) is 44.2 Å². The van der Waals surface area contributed by atoms with Crippen molar-refractivity contribution in [3.8, 4) is 0 Å². The van der Waals surface area contributed by atoms with E-state index in [4.69, 9.17) is 5.73 Å². The van der Waals surface area contributed by atoms with E-state index in [0.717, 1.165) is 0 Å². The van der Waals surface area contributed by atoms with Crippen molar-refractivity contribution in [2.45, 2.75) is 63.3 Å². The lowest BCUT2D eigenvalue weighted by molar-refractivity contribution is 0.111. The standard InChI is InChI=1S/C17H25N/c1-15(2,17(18)12-13-17)16(10-6-7-11-16)14-8-4-3-5-9-14/h3-5,8-9H,6-7,10-13,18H2,1-2H3. The Bertz CT molecular complexity index is 422. The maximum absolute atomic E-state index is 6.63. The minimum atomic E-state index is 0.0766. The van der Waals surface area contributed by atoms with Gasteiger partial charge in [0.1, 0.15) is 0 Å². The molecule has 0 amide bonds. The van der Waals surface area contributed by atoms with Crippen LogP contribution in [-0.2, 0) is 5.41 Å². The van der Waals surface area contributed by atoms with E-state index in [1.54, 1.807) is 0 Å². The Kier molecular flexibility index (Phi) is 2.60. The van der Waals surface area contributed by atoms with E-state index in [1.165, 1.54) is 44.1 Å². The first kappa shape index (κ1) is 12.2. The first-order valence-corrected chi connectivity index (χ1v) is 7.36. The van der Waals surface area contributed by atoms with Gasteiger partial charge in [-0.15, -0.1) is 0 Å². The van der Waals surface area contributed by atoms with Crippen molar-refractivity contribution < 1.29 is 0 Å². The predicted molar refractivity (Wildman–Crippen MR) is 76.5 cm³/mol. The molecule has 0 aliphatic heterocycles. The minimum Gasteiger partial charge on any atom is -0.325 e. The molecule has 0 radical (unpaired) electrons. The van der Waals surface area contributed by atoms with Crippen LogP contribution in [0.25, 0.3) is 0 Å². The minimum absolute atomic E-state index is 0.0766. The molecular formula is C17H25N. The van der Waals surface area contributed by atoms with Gasteiger partial charge >= 0.3 is 0 Å². The van der Waals surface area contributed by atoms with E-state index >= 15 is 0 Å². The highest BCUT2D eigenvalue weighted by Crippen LogP contribution is 2.62. The molecule has 0 saturated heterocycles. The third-order valence-electron chi connectivity index (χ3n) is 6.01. The van der Waals surface area contributed by atoms with Gasteiger partial charge in [0.2, 0.25) is 0 Å². The van der Waals surface area contributed by atoms with Crippen molar-refractivity contribution in [3.05, 3.63) is 35.9 Å². The summed E-state index contributed by atoms with van der Waals surface area (Å²) in [4.78, 5) is 0. The Balaban J connectivity index is 2.07. The summed E-state index contributed by atoms with van der Waals surface area (Å²) in [5, 5.41) is 0. The molecule has 18 heavy (non-hydrogen) atoms. The molecule has 1 aromatic rings. The van der Waals surface area contributed by atoms with E-state index in [1.807, 2.05) is 0 Å². The van der Waals surface area contributed by atoms with Gasteiger partial charge in [-0.1, -0.05) is 57.0 Å². The van der Waals surface area contributed by atoms with Crippen LogP contribution < -0.4 is 5.73 Å². The van der Waals surface area contributed by atoms with Crippen LogP contribution in [0.1, 0.15) is 57.9 Å². The number of nitrogens with two attached hydrogens (primary N) is 1. The first-order chi connectivity index (χ1) is 8.52. The van der Waals surface area contributed by atoms with E-state index < -0.39 is 0 Å². The molecule has 0 bridgehead atoms. The van der Waals surface area contributed by atoms with Gasteiger partial charge in [0.15, 0.2) is 0 Å². The van der Waals surface area contributed by atoms with Crippen LogP contribution in [0, 0.1) is 5.41 Å². The van der Waals surface area contributed by atoms with Crippen molar-refractivity contribution in [3.63, 3.8) is 0 Å².